The molecular weight excluding hydrogens is 414 g/mol. The highest BCUT2D eigenvalue weighted by Crippen LogP contribution is 2.27. The van der Waals surface area contributed by atoms with Crippen molar-refractivity contribution in [2.45, 2.75) is 5.03 Å². The summed E-state index contributed by atoms with van der Waals surface area (Å²) in [5.41, 5.74) is 2.55. The Bertz CT molecular complexity index is 1140. The van der Waals surface area contributed by atoms with Gasteiger partial charge in [-0.05, 0) is 48.5 Å². The molecule has 3 rings (SSSR count). The van der Waals surface area contributed by atoms with E-state index in [0.717, 1.165) is 23.1 Å². The van der Waals surface area contributed by atoms with Crippen molar-refractivity contribution < 1.29 is 19.1 Å². The molecule has 0 radical (unpaired) electrons. The third kappa shape index (κ3) is 5.41. The van der Waals surface area contributed by atoms with E-state index in [1.54, 1.807) is 43.5 Å². The highest BCUT2D eigenvalue weighted by molar-refractivity contribution is 8.00. The quantitative estimate of drug-likeness (QED) is 0.441. The van der Waals surface area contributed by atoms with E-state index in [2.05, 4.69) is 16.4 Å². The first kappa shape index (κ1) is 21.9. The second-order valence-electron chi connectivity index (χ2n) is 6.26. The zero-order valence-corrected chi connectivity index (χ0v) is 17.7. The summed E-state index contributed by atoms with van der Waals surface area (Å²) in [6.07, 6.45) is 0. The highest BCUT2D eigenvalue weighted by Gasteiger charge is 2.15. The van der Waals surface area contributed by atoms with E-state index in [9.17, 15) is 14.9 Å². The number of esters is 1. The molecule has 0 bridgehead atoms. The van der Waals surface area contributed by atoms with Crippen LogP contribution in [0.25, 0.3) is 11.3 Å². The fraction of sp³-hybridized carbons (Fsp3) is 0.130. The van der Waals surface area contributed by atoms with Gasteiger partial charge in [-0.15, -0.1) is 0 Å². The van der Waals surface area contributed by atoms with Crippen LogP contribution in [0.2, 0.25) is 0 Å². The van der Waals surface area contributed by atoms with Gasteiger partial charge in [-0.25, -0.2) is 9.78 Å². The Kier molecular flexibility index (Phi) is 7.25. The molecular formula is C23H19N3O4S. The molecule has 0 fully saturated rings. The first-order valence-corrected chi connectivity index (χ1v) is 10.2. The molecule has 31 heavy (non-hydrogen) atoms. The predicted octanol–water partition coefficient (Wildman–Crippen LogP) is 4.15. The maximum Gasteiger partial charge on any atom is 0.339 e. The van der Waals surface area contributed by atoms with Crippen LogP contribution in [-0.2, 0) is 9.53 Å². The number of thioether (sulfide) groups is 1. The molecule has 156 valence electrons. The molecule has 0 aliphatic carbocycles. The number of hydrogen-bond acceptors (Lipinski definition) is 7. The van der Waals surface area contributed by atoms with Gasteiger partial charge in [-0.3, -0.25) is 4.79 Å². The van der Waals surface area contributed by atoms with Gasteiger partial charge in [0.2, 0.25) is 5.91 Å². The van der Waals surface area contributed by atoms with Crippen LogP contribution in [0.3, 0.4) is 0 Å². The number of hydrogen-bond donors (Lipinski definition) is 1. The molecule has 0 spiro atoms. The molecule has 0 aliphatic rings. The van der Waals surface area contributed by atoms with Gasteiger partial charge < -0.3 is 14.8 Å². The number of methoxy groups -OCH3 is 2. The summed E-state index contributed by atoms with van der Waals surface area (Å²) in [4.78, 5) is 28.9. The van der Waals surface area contributed by atoms with Gasteiger partial charge in [0, 0.05) is 5.56 Å². The van der Waals surface area contributed by atoms with Crippen LogP contribution >= 0.6 is 11.8 Å². The number of para-hydroxylation sites is 1. The minimum atomic E-state index is -0.538. The summed E-state index contributed by atoms with van der Waals surface area (Å²) in [6, 6.07) is 19.5. The number of nitriles is 1. The average Bonchev–Trinajstić information content (AvgIpc) is 2.82. The Morgan fingerprint density at radius 2 is 1.81 bits per heavy atom. The van der Waals surface area contributed by atoms with Crippen LogP contribution in [-0.4, -0.2) is 36.8 Å². The summed E-state index contributed by atoms with van der Waals surface area (Å²) < 4.78 is 9.91. The van der Waals surface area contributed by atoms with Gasteiger partial charge in [0.15, 0.2) is 0 Å². The number of rotatable bonds is 7. The molecule has 0 atom stereocenters. The van der Waals surface area contributed by atoms with Crippen LogP contribution in [0.5, 0.6) is 5.75 Å². The van der Waals surface area contributed by atoms with Crippen molar-refractivity contribution in [2.75, 3.05) is 25.3 Å². The molecule has 0 saturated heterocycles. The molecule has 2 aromatic carbocycles. The summed E-state index contributed by atoms with van der Waals surface area (Å²) in [7, 11) is 2.88. The average molecular weight is 433 g/mol. The molecule has 0 saturated carbocycles. The van der Waals surface area contributed by atoms with E-state index in [1.165, 1.54) is 7.11 Å². The topological polar surface area (TPSA) is 101 Å². The fourth-order valence-electron chi connectivity index (χ4n) is 2.76. The molecule has 3 aromatic rings. The summed E-state index contributed by atoms with van der Waals surface area (Å²) >= 11 is 1.15. The van der Waals surface area contributed by atoms with Crippen molar-refractivity contribution >= 4 is 29.3 Å². The Balaban J connectivity index is 1.74. The third-order valence-electron chi connectivity index (χ3n) is 4.31. The Hall–Kier alpha value is -3.83. The second-order valence-corrected chi connectivity index (χ2v) is 7.23. The molecule has 0 aliphatic heterocycles. The molecule has 1 aromatic heterocycles. The molecule has 0 unspecified atom stereocenters. The van der Waals surface area contributed by atoms with Gasteiger partial charge in [-0.1, -0.05) is 23.9 Å². The van der Waals surface area contributed by atoms with Crippen molar-refractivity contribution in [3.63, 3.8) is 0 Å². The molecule has 1 heterocycles. The lowest BCUT2D eigenvalue weighted by atomic mass is 10.1. The van der Waals surface area contributed by atoms with Crippen LogP contribution in [0, 0.1) is 11.3 Å². The van der Waals surface area contributed by atoms with E-state index in [1.807, 2.05) is 24.3 Å². The first-order valence-electron chi connectivity index (χ1n) is 9.21. The fourth-order valence-corrected chi connectivity index (χ4v) is 3.53. The van der Waals surface area contributed by atoms with Gasteiger partial charge in [0.25, 0.3) is 0 Å². The summed E-state index contributed by atoms with van der Waals surface area (Å²) in [5.74, 6) is -0.120. The van der Waals surface area contributed by atoms with E-state index < -0.39 is 5.97 Å². The minimum Gasteiger partial charge on any atom is -0.497 e. The lowest BCUT2D eigenvalue weighted by Gasteiger charge is -2.10. The van der Waals surface area contributed by atoms with Crippen LogP contribution in [0.1, 0.15) is 15.9 Å². The Morgan fingerprint density at radius 1 is 1.06 bits per heavy atom. The first-order chi connectivity index (χ1) is 15.0. The monoisotopic (exact) mass is 433 g/mol. The minimum absolute atomic E-state index is 0.0171. The van der Waals surface area contributed by atoms with Gasteiger partial charge in [-0.2, -0.15) is 5.26 Å². The van der Waals surface area contributed by atoms with Crippen molar-refractivity contribution in [2.24, 2.45) is 0 Å². The maximum absolute atomic E-state index is 12.5. The third-order valence-corrected chi connectivity index (χ3v) is 5.30. The summed E-state index contributed by atoms with van der Waals surface area (Å²) in [6.45, 7) is 0. The lowest BCUT2D eigenvalue weighted by molar-refractivity contribution is -0.113. The maximum atomic E-state index is 12.5. The molecule has 8 heteroatoms. The Labute approximate surface area is 184 Å². The zero-order valence-electron chi connectivity index (χ0n) is 16.9. The number of anilines is 1. The number of carbonyl (C=O) groups excluding carboxylic acids is 2. The van der Waals surface area contributed by atoms with Crippen LogP contribution in [0.15, 0.2) is 65.7 Å². The number of carbonyl (C=O) groups is 2. The normalized spacial score (nSPS) is 10.1. The van der Waals surface area contributed by atoms with E-state index in [4.69, 9.17) is 9.47 Å². The number of nitrogens with zero attached hydrogens (tertiary/aromatic N) is 2. The number of nitrogens with one attached hydrogen (secondary N) is 1. The number of ether oxygens (including phenoxy) is 2. The van der Waals surface area contributed by atoms with E-state index >= 15 is 0 Å². The number of benzene rings is 2. The number of pyridine rings is 1. The largest absolute Gasteiger partial charge is 0.497 e. The number of amides is 1. The van der Waals surface area contributed by atoms with E-state index in [0.29, 0.717) is 22.0 Å². The van der Waals surface area contributed by atoms with Gasteiger partial charge >= 0.3 is 5.97 Å². The van der Waals surface area contributed by atoms with Crippen molar-refractivity contribution in [3.05, 3.63) is 71.8 Å². The Morgan fingerprint density at radius 3 is 2.48 bits per heavy atom. The zero-order chi connectivity index (χ0) is 22.2. The van der Waals surface area contributed by atoms with Crippen LogP contribution < -0.4 is 10.1 Å². The molecule has 1 N–H and O–H groups in total. The lowest BCUT2D eigenvalue weighted by Crippen LogP contribution is -2.17. The van der Waals surface area contributed by atoms with Crippen LogP contribution in [0.4, 0.5) is 5.69 Å². The predicted molar refractivity (Wildman–Crippen MR) is 118 cm³/mol. The van der Waals surface area contributed by atoms with Gasteiger partial charge in [0.05, 0.1) is 42.5 Å². The molecule has 1 amide bonds. The van der Waals surface area contributed by atoms with Crippen molar-refractivity contribution in [3.8, 4) is 23.1 Å². The van der Waals surface area contributed by atoms with E-state index in [-0.39, 0.29) is 17.2 Å². The van der Waals surface area contributed by atoms with Crippen molar-refractivity contribution in [1.82, 2.24) is 4.98 Å². The second kappa shape index (κ2) is 10.3. The highest BCUT2D eigenvalue weighted by atomic mass is 32.2. The SMILES string of the molecule is COC(=O)c1ccccc1NC(=O)CSc1nc(-c2ccc(OC)cc2)ccc1C#N. The number of aromatic nitrogens is 1. The standard InChI is InChI=1S/C23H19N3O4S/c1-29-17-10-7-15(8-11-17)19-12-9-16(13-24)22(26-19)31-14-21(27)25-20-6-4-3-5-18(20)23(28)30-2/h3-12H,14H2,1-2H3,(H,25,27). The molecule has 7 nitrogen and oxygen atoms in total. The summed E-state index contributed by atoms with van der Waals surface area (Å²) in [5, 5.41) is 12.6. The van der Waals surface area contributed by atoms with Gasteiger partial charge in [0.1, 0.15) is 16.8 Å². The van der Waals surface area contributed by atoms with Crippen molar-refractivity contribution in [1.29, 1.82) is 5.26 Å². The smallest absolute Gasteiger partial charge is 0.339 e.